The maximum Gasteiger partial charge on any atom is 0.233 e. The van der Waals surface area contributed by atoms with E-state index in [1.807, 2.05) is 51.9 Å². The molecule has 3 aromatic rings. The molecule has 6 nitrogen and oxygen atoms in total. The van der Waals surface area contributed by atoms with E-state index in [2.05, 4.69) is 22.1 Å². The Labute approximate surface area is 169 Å². The van der Waals surface area contributed by atoms with Crippen LogP contribution in [0.3, 0.4) is 0 Å². The summed E-state index contributed by atoms with van der Waals surface area (Å²) in [5.41, 5.74) is 1.91. The lowest BCUT2D eigenvalue weighted by atomic mass is 10.0. The van der Waals surface area contributed by atoms with Crippen molar-refractivity contribution in [2.24, 2.45) is 5.92 Å². The molecule has 144 valence electrons. The number of carbonyl (C=O) groups is 1. The van der Waals surface area contributed by atoms with Gasteiger partial charge < -0.3 is 4.90 Å². The molecule has 1 amide bonds. The van der Waals surface area contributed by atoms with Crippen molar-refractivity contribution >= 4 is 17.7 Å². The Morgan fingerprint density at radius 3 is 2.68 bits per heavy atom. The van der Waals surface area contributed by atoms with Gasteiger partial charge in [0.05, 0.1) is 5.75 Å². The van der Waals surface area contributed by atoms with Crippen LogP contribution in [0.1, 0.15) is 19.8 Å². The van der Waals surface area contributed by atoms with Gasteiger partial charge in [-0.25, -0.2) is 0 Å². The molecule has 0 aliphatic carbocycles. The van der Waals surface area contributed by atoms with Crippen LogP contribution in [0, 0.1) is 5.92 Å². The second-order valence-corrected chi connectivity index (χ2v) is 8.03. The molecule has 0 radical (unpaired) electrons. The van der Waals surface area contributed by atoms with Crippen LogP contribution in [-0.2, 0) is 4.79 Å². The predicted molar refractivity (Wildman–Crippen MR) is 110 cm³/mol. The molecular weight excluding hydrogens is 370 g/mol. The number of hydrogen-bond acceptors (Lipinski definition) is 5. The number of nitrogens with zero attached hydrogens (tertiary/aromatic N) is 5. The lowest BCUT2D eigenvalue weighted by Gasteiger charge is -2.30. The number of amides is 1. The Kier molecular flexibility index (Phi) is 5.71. The average molecular weight is 394 g/mol. The van der Waals surface area contributed by atoms with Gasteiger partial charge in [-0.05, 0) is 43.0 Å². The predicted octanol–water partition coefficient (Wildman–Crippen LogP) is 3.68. The SMILES string of the molecule is C[C@H]1CCCN(C(=O)CSc2nnc(-c3ccncc3)n2-c2ccccc2)C1. The fraction of sp³-hybridized carbons (Fsp3) is 0.333. The number of benzene rings is 1. The first kappa shape index (κ1) is 18.7. The van der Waals surface area contributed by atoms with Gasteiger partial charge in [-0.2, -0.15) is 0 Å². The molecular formula is C21H23N5OS. The molecule has 1 aliphatic rings. The summed E-state index contributed by atoms with van der Waals surface area (Å²) < 4.78 is 2.01. The van der Waals surface area contributed by atoms with Crippen LogP contribution in [0.2, 0.25) is 0 Å². The number of pyridine rings is 1. The van der Waals surface area contributed by atoms with Crippen molar-refractivity contribution in [3.8, 4) is 17.1 Å². The molecule has 0 N–H and O–H groups in total. The fourth-order valence-corrected chi connectivity index (χ4v) is 4.35. The van der Waals surface area contributed by atoms with Crippen molar-refractivity contribution in [2.75, 3.05) is 18.8 Å². The first-order valence-electron chi connectivity index (χ1n) is 9.54. The van der Waals surface area contributed by atoms with Gasteiger partial charge in [0.25, 0.3) is 0 Å². The zero-order chi connectivity index (χ0) is 19.3. The van der Waals surface area contributed by atoms with E-state index in [1.54, 1.807) is 12.4 Å². The number of thioether (sulfide) groups is 1. The Hall–Kier alpha value is -2.67. The third-order valence-electron chi connectivity index (χ3n) is 4.92. The number of para-hydroxylation sites is 1. The molecule has 1 fully saturated rings. The first-order valence-corrected chi connectivity index (χ1v) is 10.5. The molecule has 2 aromatic heterocycles. The molecule has 0 bridgehead atoms. The molecule has 0 spiro atoms. The molecule has 1 aromatic carbocycles. The fourth-order valence-electron chi connectivity index (χ4n) is 3.49. The van der Waals surface area contributed by atoms with Crippen LogP contribution in [0.25, 0.3) is 17.1 Å². The highest BCUT2D eigenvalue weighted by Crippen LogP contribution is 2.28. The molecule has 3 heterocycles. The number of piperidine rings is 1. The number of aromatic nitrogens is 4. The highest BCUT2D eigenvalue weighted by atomic mass is 32.2. The van der Waals surface area contributed by atoms with Crippen molar-refractivity contribution < 1.29 is 4.79 Å². The Morgan fingerprint density at radius 1 is 1.14 bits per heavy atom. The highest BCUT2D eigenvalue weighted by molar-refractivity contribution is 7.99. The third kappa shape index (κ3) is 4.09. The maximum atomic E-state index is 12.7. The minimum Gasteiger partial charge on any atom is -0.342 e. The molecule has 4 rings (SSSR count). The number of likely N-dealkylation sites (tertiary alicyclic amines) is 1. The molecule has 1 aliphatic heterocycles. The van der Waals surface area contributed by atoms with Crippen molar-refractivity contribution in [3.63, 3.8) is 0 Å². The minimum atomic E-state index is 0.171. The standard InChI is InChI=1S/C21H23N5OS/c1-16-6-5-13-25(14-16)19(27)15-28-21-24-23-20(17-9-11-22-12-10-17)26(21)18-7-3-2-4-8-18/h2-4,7-12,16H,5-6,13-15H2,1H3/t16-/m0/s1. The summed E-state index contributed by atoms with van der Waals surface area (Å²) in [6.45, 7) is 3.92. The quantitative estimate of drug-likeness (QED) is 0.619. The molecule has 0 saturated carbocycles. The summed E-state index contributed by atoms with van der Waals surface area (Å²) in [6.07, 6.45) is 5.78. The topological polar surface area (TPSA) is 63.9 Å². The summed E-state index contributed by atoms with van der Waals surface area (Å²) in [4.78, 5) is 18.7. The Morgan fingerprint density at radius 2 is 1.93 bits per heavy atom. The number of hydrogen-bond donors (Lipinski definition) is 0. The van der Waals surface area contributed by atoms with Gasteiger partial charge in [0.2, 0.25) is 5.91 Å². The number of rotatable bonds is 5. The summed E-state index contributed by atoms with van der Waals surface area (Å²) in [5.74, 6) is 1.86. The largest absolute Gasteiger partial charge is 0.342 e. The molecule has 28 heavy (non-hydrogen) atoms. The zero-order valence-corrected chi connectivity index (χ0v) is 16.7. The van der Waals surface area contributed by atoms with E-state index in [9.17, 15) is 4.79 Å². The van der Waals surface area contributed by atoms with Crippen molar-refractivity contribution in [1.82, 2.24) is 24.6 Å². The van der Waals surface area contributed by atoms with Crippen LogP contribution in [0.15, 0.2) is 60.0 Å². The van der Waals surface area contributed by atoms with E-state index >= 15 is 0 Å². The average Bonchev–Trinajstić information content (AvgIpc) is 3.17. The Bertz CT molecular complexity index is 928. The van der Waals surface area contributed by atoms with Gasteiger partial charge in [-0.15, -0.1) is 10.2 Å². The van der Waals surface area contributed by atoms with E-state index in [-0.39, 0.29) is 5.91 Å². The van der Waals surface area contributed by atoms with Gasteiger partial charge in [0, 0.05) is 36.7 Å². The summed E-state index contributed by atoms with van der Waals surface area (Å²) in [7, 11) is 0. The van der Waals surface area contributed by atoms with Gasteiger partial charge in [0.1, 0.15) is 0 Å². The maximum absolute atomic E-state index is 12.7. The van der Waals surface area contributed by atoms with Gasteiger partial charge in [-0.1, -0.05) is 36.9 Å². The summed E-state index contributed by atoms with van der Waals surface area (Å²) in [5, 5.41) is 9.51. The zero-order valence-electron chi connectivity index (χ0n) is 15.9. The normalized spacial score (nSPS) is 16.9. The van der Waals surface area contributed by atoms with Gasteiger partial charge in [-0.3, -0.25) is 14.3 Å². The monoisotopic (exact) mass is 393 g/mol. The van der Waals surface area contributed by atoms with E-state index in [0.717, 1.165) is 41.7 Å². The van der Waals surface area contributed by atoms with Crippen molar-refractivity contribution in [2.45, 2.75) is 24.9 Å². The van der Waals surface area contributed by atoms with Crippen LogP contribution in [0.4, 0.5) is 0 Å². The second-order valence-electron chi connectivity index (χ2n) is 7.09. The van der Waals surface area contributed by atoms with Crippen molar-refractivity contribution in [1.29, 1.82) is 0 Å². The van der Waals surface area contributed by atoms with E-state index < -0.39 is 0 Å². The molecule has 0 unspecified atom stereocenters. The summed E-state index contributed by atoms with van der Waals surface area (Å²) in [6, 6.07) is 13.8. The number of carbonyl (C=O) groups excluding carboxylic acids is 1. The second kappa shape index (κ2) is 8.56. The van der Waals surface area contributed by atoms with Crippen LogP contribution in [0.5, 0.6) is 0 Å². The smallest absolute Gasteiger partial charge is 0.233 e. The molecule has 7 heteroatoms. The first-order chi connectivity index (χ1) is 13.7. The molecule has 1 atom stereocenters. The van der Waals surface area contributed by atoms with Crippen LogP contribution in [-0.4, -0.2) is 49.4 Å². The third-order valence-corrected chi connectivity index (χ3v) is 5.83. The van der Waals surface area contributed by atoms with Gasteiger partial charge >= 0.3 is 0 Å². The lowest BCUT2D eigenvalue weighted by molar-refractivity contribution is -0.130. The Balaban J connectivity index is 1.59. The van der Waals surface area contributed by atoms with Gasteiger partial charge in [0.15, 0.2) is 11.0 Å². The summed E-state index contributed by atoms with van der Waals surface area (Å²) >= 11 is 1.44. The minimum absolute atomic E-state index is 0.171. The van der Waals surface area contributed by atoms with E-state index in [0.29, 0.717) is 11.7 Å². The van der Waals surface area contributed by atoms with E-state index in [4.69, 9.17) is 0 Å². The molecule has 1 saturated heterocycles. The van der Waals surface area contributed by atoms with Crippen LogP contribution >= 0.6 is 11.8 Å². The van der Waals surface area contributed by atoms with Crippen molar-refractivity contribution in [3.05, 3.63) is 54.9 Å². The highest BCUT2D eigenvalue weighted by Gasteiger charge is 2.22. The lowest BCUT2D eigenvalue weighted by Crippen LogP contribution is -2.40. The van der Waals surface area contributed by atoms with Crippen LogP contribution < -0.4 is 0 Å². The van der Waals surface area contributed by atoms with E-state index in [1.165, 1.54) is 18.2 Å².